The summed E-state index contributed by atoms with van der Waals surface area (Å²) in [6.45, 7) is 4.96. The smallest absolute Gasteiger partial charge is 0.336 e. The predicted molar refractivity (Wildman–Crippen MR) is 133 cm³/mol. The number of epoxide rings is 4. The minimum Gasteiger partial charge on any atom is -0.394 e. The zero-order valence-electron chi connectivity index (χ0n) is 22.2. The van der Waals surface area contributed by atoms with E-state index in [0.29, 0.717) is 32.3 Å². The molecule has 2 N–H and O–H groups in total. The number of aliphatic hydroxyl groups excluding tert-OH is 2. The summed E-state index contributed by atoms with van der Waals surface area (Å²) < 4.78 is 38.0. The molecule has 15 heteroatoms. The van der Waals surface area contributed by atoms with Crippen molar-refractivity contribution < 1.29 is 43.4 Å². The third-order valence-corrected chi connectivity index (χ3v) is 6.25. The molecule has 0 bridgehead atoms. The summed E-state index contributed by atoms with van der Waals surface area (Å²) in [5, 5.41) is 17.2. The van der Waals surface area contributed by atoms with Crippen molar-refractivity contribution in [2.24, 2.45) is 5.92 Å². The molecule has 5 unspecified atom stereocenters. The topological polar surface area (TPSA) is 184 Å². The first-order valence-corrected chi connectivity index (χ1v) is 13.2. The van der Waals surface area contributed by atoms with Crippen LogP contribution in [0.25, 0.3) is 0 Å². The largest absolute Gasteiger partial charge is 0.394 e. The second-order valence-electron chi connectivity index (χ2n) is 10.1. The number of methoxy groups -OCH3 is 1. The molecule has 1 aromatic heterocycles. The second-order valence-corrected chi connectivity index (χ2v) is 10.1. The van der Waals surface area contributed by atoms with E-state index in [1.54, 1.807) is 0 Å². The van der Waals surface area contributed by atoms with Gasteiger partial charge < -0.3 is 43.4 Å². The van der Waals surface area contributed by atoms with Crippen LogP contribution in [0.15, 0.2) is 14.4 Å². The third-order valence-electron chi connectivity index (χ3n) is 6.25. The van der Waals surface area contributed by atoms with Gasteiger partial charge in [0.25, 0.3) is 0 Å². The van der Waals surface area contributed by atoms with E-state index >= 15 is 0 Å². The number of ether oxygens (including phenoxy) is 7. The zero-order chi connectivity index (χ0) is 27.8. The number of nitrogens with zero attached hydrogens (tertiary/aromatic N) is 3. The van der Waals surface area contributed by atoms with Gasteiger partial charge in [0.2, 0.25) is 0 Å². The Morgan fingerprint density at radius 3 is 1.64 bits per heavy atom. The highest BCUT2D eigenvalue weighted by atomic mass is 16.7. The molecule has 0 aromatic carbocycles. The molecule has 5 fully saturated rings. The average Bonchev–Trinajstić information content (AvgIpc) is 3.71. The Bertz CT molecular complexity index is 937. The van der Waals surface area contributed by atoms with Gasteiger partial charge in [-0.2, -0.15) is 0 Å². The van der Waals surface area contributed by atoms with Crippen LogP contribution in [-0.2, 0) is 52.8 Å². The Balaban J connectivity index is 0.000000166. The van der Waals surface area contributed by atoms with E-state index < -0.39 is 23.2 Å². The second kappa shape index (κ2) is 14.6. The number of hydrogen-bond acceptors (Lipinski definition) is 12. The minimum atomic E-state index is -0.578. The Kier molecular flexibility index (Phi) is 11.2. The molecule has 0 radical (unpaired) electrons. The monoisotopic (exact) mass is 561 g/mol. The predicted octanol–water partition coefficient (Wildman–Crippen LogP) is -2.86. The highest BCUT2D eigenvalue weighted by Crippen LogP contribution is 2.29. The van der Waals surface area contributed by atoms with Gasteiger partial charge in [-0.25, -0.2) is 28.1 Å². The summed E-state index contributed by atoms with van der Waals surface area (Å²) in [4.78, 5) is 37.2. The fourth-order valence-corrected chi connectivity index (χ4v) is 3.46. The molecular weight excluding hydrogens is 522 g/mol. The summed E-state index contributed by atoms with van der Waals surface area (Å²) in [7, 11) is 1.53. The summed E-state index contributed by atoms with van der Waals surface area (Å²) in [6, 6.07) is 0. The van der Waals surface area contributed by atoms with Gasteiger partial charge in [-0.3, -0.25) is 0 Å². The van der Waals surface area contributed by atoms with Crippen LogP contribution in [0.3, 0.4) is 0 Å². The molecule has 6 rings (SSSR count). The van der Waals surface area contributed by atoms with Gasteiger partial charge in [0.15, 0.2) is 0 Å². The van der Waals surface area contributed by atoms with E-state index in [2.05, 4.69) is 4.74 Å². The van der Waals surface area contributed by atoms with E-state index in [1.807, 2.05) is 0 Å². The van der Waals surface area contributed by atoms with E-state index in [4.69, 9.17) is 38.6 Å². The van der Waals surface area contributed by atoms with Crippen molar-refractivity contribution in [1.82, 2.24) is 13.7 Å². The summed E-state index contributed by atoms with van der Waals surface area (Å²) in [6.07, 6.45) is 1.75. The van der Waals surface area contributed by atoms with E-state index in [-0.39, 0.29) is 64.1 Å². The first kappa shape index (κ1) is 30.0. The summed E-state index contributed by atoms with van der Waals surface area (Å²) in [5.41, 5.74) is -1.58. The molecule has 4 aliphatic heterocycles. The van der Waals surface area contributed by atoms with Gasteiger partial charge in [0.1, 0.15) is 25.1 Å². The maximum absolute atomic E-state index is 12.4. The standard InChI is InChI=1S/C13H17N3O5.C8H16O5.C3H6O2/c17-11-14(3-8-1-2-8)12(18)16(5-10-7-21-10)13(19)15(11)4-9-6-20-9;1-10-2-7(9)3-11-6-12-4-8-5-13-8;4-1-3-2-5-3/h8-10H,1-7H2;7-9H,2-6H2,1H3;3-4H,1-2H2. The van der Waals surface area contributed by atoms with Crippen molar-refractivity contribution in [2.75, 3.05) is 66.8 Å². The Morgan fingerprint density at radius 1 is 0.769 bits per heavy atom. The molecule has 0 spiro atoms. The number of aromatic nitrogens is 3. The van der Waals surface area contributed by atoms with Crippen LogP contribution >= 0.6 is 0 Å². The molecule has 1 aliphatic carbocycles. The van der Waals surface area contributed by atoms with Crippen LogP contribution in [0, 0.1) is 5.92 Å². The Hall–Kier alpha value is -1.95. The Morgan fingerprint density at radius 2 is 1.26 bits per heavy atom. The average molecular weight is 562 g/mol. The van der Waals surface area contributed by atoms with Gasteiger partial charge in [-0.1, -0.05) is 0 Å². The van der Waals surface area contributed by atoms with E-state index in [1.165, 1.54) is 11.7 Å². The minimum absolute atomic E-state index is 0.0899. The maximum Gasteiger partial charge on any atom is 0.336 e. The van der Waals surface area contributed by atoms with Crippen molar-refractivity contribution in [3.05, 3.63) is 31.5 Å². The lowest BCUT2D eigenvalue weighted by Gasteiger charge is -2.12. The summed E-state index contributed by atoms with van der Waals surface area (Å²) >= 11 is 0. The maximum atomic E-state index is 12.4. The van der Waals surface area contributed by atoms with Crippen molar-refractivity contribution in [2.45, 2.75) is 63.0 Å². The van der Waals surface area contributed by atoms with Crippen LogP contribution in [0.5, 0.6) is 0 Å². The number of aliphatic hydroxyl groups is 2. The molecule has 5 heterocycles. The van der Waals surface area contributed by atoms with Crippen LogP contribution in [0.2, 0.25) is 0 Å². The lowest BCUT2D eigenvalue weighted by atomic mass is 10.4. The molecule has 15 nitrogen and oxygen atoms in total. The number of hydrogen-bond donors (Lipinski definition) is 2. The molecule has 5 aliphatic rings. The number of rotatable bonds is 15. The van der Waals surface area contributed by atoms with Crippen molar-refractivity contribution >= 4 is 0 Å². The molecule has 39 heavy (non-hydrogen) atoms. The van der Waals surface area contributed by atoms with Gasteiger partial charge >= 0.3 is 17.1 Å². The normalized spacial score (nSPS) is 26.5. The molecule has 0 amide bonds. The van der Waals surface area contributed by atoms with Crippen LogP contribution in [0.1, 0.15) is 12.8 Å². The van der Waals surface area contributed by atoms with Crippen molar-refractivity contribution in [3.8, 4) is 0 Å². The first-order valence-electron chi connectivity index (χ1n) is 13.2. The van der Waals surface area contributed by atoms with Crippen LogP contribution in [-0.4, -0.2) is 121 Å². The third kappa shape index (κ3) is 10.9. The van der Waals surface area contributed by atoms with Crippen LogP contribution < -0.4 is 17.1 Å². The molecular formula is C24H39N3O12. The summed E-state index contributed by atoms with van der Waals surface area (Å²) in [5.74, 6) is 0.379. The Labute approximate surface area is 224 Å². The fourth-order valence-electron chi connectivity index (χ4n) is 3.46. The first-order chi connectivity index (χ1) is 18.9. The zero-order valence-corrected chi connectivity index (χ0v) is 22.2. The SMILES string of the molecule is COCC(O)COCOCC1CO1.O=c1n(CC2CC2)c(=O)n(CC2CO2)c(=O)n1CC1CO1.OCC1CO1. The quantitative estimate of drug-likeness (QED) is 0.127. The van der Waals surface area contributed by atoms with Gasteiger partial charge in [-0.15, -0.1) is 0 Å². The molecule has 1 aromatic rings. The fraction of sp³-hybridized carbons (Fsp3) is 0.875. The van der Waals surface area contributed by atoms with Crippen molar-refractivity contribution in [3.63, 3.8) is 0 Å². The van der Waals surface area contributed by atoms with Gasteiger partial charge in [0.05, 0.1) is 78.2 Å². The highest BCUT2D eigenvalue weighted by molar-refractivity contribution is 4.86. The lowest BCUT2D eigenvalue weighted by molar-refractivity contribution is -0.0906. The van der Waals surface area contributed by atoms with E-state index in [9.17, 15) is 14.4 Å². The lowest BCUT2D eigenvalue weighted by Crippen LogP contribution is -2.55. The van der Waals surface area contributed by atoms with Crippen LogP contribution in [0.4, 0.5) is 0 Å². The molecule has 222 valence electrons. The molecule has 4 saturated heterocycles. The van der Waals surface area contributed by atoms with Gasteiger partial charge in [0, 0.05) is 13.7 Å². The van der Waals surface area contributed by atoms with Gasteiger partial charge in [-0.05, 0) is 18.8 Å². The highest BCUT2D eigenvalue weighted by Gasteiger charge is 2.31. The molecule has 5 atom stereocenters. The van der Waals surface area contributed by atoms with Crippen molar-refractivity contribution in [1.29, 1.82) is 0 Å². The molecule has 1 saturated carbocycles. The van der Waals surface area contributed by atoms with E-state index in [0.717, 1.165) is 35.2 Å².